The fraction of sp³-hybridized carbons (Fsp3) is 0.409. The summed E-state index contributed by atoms with van der Waals surface area (Å²) < 4.78 is 55.1. The lowest BCUT2D eigenvalue weighted by Gasteiger charge is -2.20. The van der Waals surface area contributed by atoms with Crippen LogP contribution in [0.25, 0.3) is 0 Å². The number of nitrogens with one attached hydrogen (secondary N) is 1. The number of nitrogens with zero attached hydrogens (tertiary/aromatic N) is 1. The molecule has 1 N–H and O–H groups in total. The second kappa shape index (κ2) is 9.66. The molecule has 0 bridgehead atoms. The molecule has 0 saturated carbocycles. The zero-order chi connectivity index (χ0) is 21.7. The van der Waals surface area contributed by atoms with Crippen LogP contribution < -0.4 is 5.32 Å². The van der Waals surface area contributed by atoms with Gasteiger partial charge >= 0.3 is 0 Å². The van der Waals surface area contributed by atoms with Gasteiger partial charge in [-0.05, 0) is 56.5 Å². The highest BCUT2D eigenvalue weighted by Crippen LogP contribution is 2.21. The Bertz CT molecular complexity index is 983. The highest BCUT2D eigenvalue weighted by Gasteiger charge is 2.26. The molecule has 1 aliphatic heterocycles. The average Bonchev–Trinajstić information content (AvgIpc) is 3.01. The molecule has 1 aliphatic rings. The van der Waals surface area contributed by atoms with Crippen LogP contribution in [0.2, 0.25) is 0 Å². The van der Waals surface area contributed by atoms with Crippen molar-refractivity contribution in [2.75, 3.05) is 13.1 Å². The van der Waals surface area contributed by atoms with Crippen molar-refractivity contribution in [1.29, 1.82) is 0 Å². The fourth-order valence-corrected chi connectivity index (χ4v) is 5.18. The van der Waals surface area contributed by atoms with Crippen LogP contribution in [0.15, 0.2) is 47.4 Å². The summed E-state index contributed by atoms with van der Waals surface area (Å²) in [6.45, 7) is 2.59. The Morgan fingerprint density at radius 3 is 2.27 bits per heavy atom. The Hall–Kier alpha value is -2.32. The van der Waals surface area contributed by atoms with Crippen LogP contribution in [0.4, 0.5) is 8.78 Å². The highest BCUT2D eigenvalue weighted by molar-refractivity contribution is 7.89. The molecular formula is C22H26F2N2O3S. The summed E-state index contributed by atoms with van der Waals surface area (Å²) in [5, 5.41) is 2.69. The molecule has 0 aromatic heterocycles. The van der Waals surface area contributed by atoms with Crippen LogP contribution in [-0.2, 0) is 16.4 Å². The van der Waals surface area contributed by atoms with Gasteiger partial charge in [0.25, 0.3) is 5.91 Å². The van der Waals surface area contributed by atoms with Crippen LogP contribution in [0, 0.1) is 11.6 Å². The SMILES string of the molecule is CC(Cc1c(F)cccc1F)NC(=O)c1cccc(S(=O)(=O)N2CCCCCC2)c1. The van der Waals surface area contributed by atoms with Gasteiger partial charge in [-0.2, -0.15) is 4.31 Å². The van der Waals surface area contributed by atoms with Crippen molar-refractivity contribution in [3.05, 3.63) is 65.2 Å². The van der Waals surface area contributed by atoms with Crippen LogP contribution >= 0.6 is 0 Å². The molecule has 1 unspecified atom stereocenters. The number of halogens is 2. The summed E-state index contributed by atoms with van der Waals surface area (Å²) >= 11 is 0. The van der Waals surface area contributed by atoms with E-state index in [9.17, 15) is 22.0 Å². The third kappa shape index (κ3) is 5.23. The smallest absolute Gasteiger partial charge is 0.251 e. The van der Waals surface area contributed by atoms with Gasteiger partial charge in [0.05, 0.1) is 4.90 Å². The summed E-state index contributed by atoms with van der Waals surface area (Å²) in [4.78, 5) is 12.7. The van der Waals surface area contributed by atoms with E-state index < -0.39 is 33.6 Å². The van der Waals surface area contributed by atoms with Crippen molar-refractivity contribution in [2.24, 2.45) is 0 Å². The minimum atomic E-state index is -3.68. The van der Waals surface area contributed by atoms with Gasteiger partial charge in [-0.25, -0.2) is 17.2 Å². The molecule has 1 fully saturated rings. The Morgan fingerprint density at radius 2 is 1.63 bits per heavy atom. The Kier molecular flexibility index (Phi) is 7.20. The molecule has 30 heavy (non-hydrogen) atoms. The molecule has 2 aromatic carbocycles. The second-order valence-electron chi connectivity index (χ2n) is 7.62. The maximum Gasteiger partial charge on any atom is 0.251 e. The molecule has 1 heterocycles. The monoisotopic (exact) mass is 436 g/mol. The molecular weight excluding hydrogens is 410 g/mol. The first-order chi connectivity index (χ1) is 14.3. The van der Waals surface area contributed by atoms with Crippen molar-refractivity contribution in [3.8, 4) is 0 Å². The summed E-state index contributed by atoms with van der Waals surface area (Å²) in [5.41, 5.74) is 0.0922. The number of hydrogen-bond donors (Lipinski definition) is 1. The molecule has 1 saturated heterocycles. The Labute approximate surface area is 176 Å². The van der Waals surface area contributed by atoms with E-state index in [1.165, 1.54) is 46.8 Å². The largest absolute Gasteiger partial charge is 0.349 e. The van der Waals surface area contributed by atoms with Gasteiger partial charge in [0, 0.05) is 30.3 Å². The molecule has 0 radical (unpaired) electrons. The lowest BCUT2D eigenvalue weighted by atomic mass is 10.1. The van der Waals surface area contributed by atoms with E-state index in [0.717, 1.165) is 25.7 Å². The minimum Gasteiger partial charge on any atom is -0.349 e. The maximum atomic E-state index is 13.8. The summed E-state index contributed by atoms with van der Waals surface area (Å²) in [6.07, 6.45) is 3.65. The van der Waals surface area contributed by atoms with Gasteiger partial charge in [0.1, 0.15) is 11.6 Å². The Morgan fingerprint density at radius 1 is 1.03 bits per heavy atom. The topological polar surface area (TPSA) is 66.5 Å². The third-order valence-corrected chi connectivity index (χ3v) is 7.14. The number of hydrogen-bond acceptors (Lipinski definition) is 3. The number of carbonyl (C=O) groups excluding carboxylic acids is 1. The first-order valence-corrected chi connectivity index (χ1v) is 11.6. The van der Waals surface area contributed by atoms with E-state index in [0.29, 0.717) is 13.1 Å². The van der Waals surface area contributed by atoms with Crippen molar-refractivity contribution < 1.29 is 22.0 Å². The van der Waals surface area contributed by atoms with Gasteiger partial charge in [-0.1, -0.05) is 25.0 Å². The average molecular weight is 437 g/mol. The third-order valence-electron chi connectivity index (χ3n) is 5.25. The summed E-state index contributed by atoms with van der Waals surface area (Å²) in [6, 6.07) is 8.96. The van der Waals surface area contributed by atoms with E-state index in [1.54, 1.807) is 6.92 Å². The molecule has 1 atom stereocenters. The van der Waals surface area contributed by atoms with Crippen molar-refractivity contribution >= 4 is 15.9 Å². The van der Waals surface area contributed by atoms with Crippen LogP contribution in [0.1, 0.15) is 48.5 Å². The molecule has 0 aliphatic carbocycles. The lowest BCUT2D eigenvalue weighted by molar-refractivity contribution is 0.0939. The normalized spacial score (nSPS) is 16.6. The van der Waals surface area contributed by atoms with Gasteiger partial charge in [-0.3, -0.25) is 4.79 Å². The zero-order valence-corrected chi connectivity index (χ0v) is 17.7. The highest BCUT2D eigenvalue weighted by atomic mass is 32.2. The van der Waals surface area contributed by atoms with Gasteiger partial charge in [0.2, 0.25) is 10.0 Å². The number of rotatable bonds is 6. The van der Waals surface area contributed by atoms with Crippen LogP contribution in [0.5, 0.6) is 0 Å². The quantitative estimate of drug-likeness (QED) is 0.747. The lowest BCUT2D eigenvalue weighted by Crippen LogP contribution is -2.35. The van der Waals surface area contributed by atoms with E-state index >= 15 is 0 Å². The Balaban J connectivity index is 1.72. The molecule has 1 amide bonds. The molecule has 0 spiro atoms. The van der Waals surface area contributed by atoms with E-state index in [2.05, 4.69) is 5.32 Å². The number of sulfonamides is 1. The molecule has 3 rings (SSSR count). The van der Waals surface area contributed by atoms with Gasteiger partial charge < -0.3 is 5.32 Å². The van der Waals surface area contributed by atoms with Gasteiger partial charge in [-0.15, -0.1) is 0 Å². The fourth-order valence-electron chi connectivity index (χ4n) is 3.62. The number of benzene rings is 2. The maximum absolute atomic E-state index is 13.8. The van der Waals surface area contributed by atoms with Crippen LogP contribution in [0.3, 0.4) is 0 Å². The zero-order valence-electron chi connectivity index (χ0n) is 16.9. The number of carbonyl (C=O) groups is 1. The van der Waals surface area contributed by atoms with Crippen molar-refractivity contribution in [2.45, 2.75) is 50.0 Å². The predicted octanol–water partition coefficient (Wildman–Crippen LogP) is 3.89. The molecule has 2 aromatic rings. The van der Waals surface area contributed by atoms with E-state index in [4.69, 9.17) is 0 Å². The molecule has 5 nitrogen and oxygen atoms in total. The minimum absolute atomic E-state index is 0.0178. The summed E-state index contributed by atoms with van der Waals surface area (Å²) in [7, 11) is -3.68. The van der Waals surface area contributed by atoms with E-state index in [1.807, 2.05) is 0 Å². The van der Waals surface area contributed by atoms with Gasteiger partial charge in [0.15, 0.2) is 0 Å². The first-order valence-electron chi connectivity index (χ1n) is 10.1. The summed E-state index contributed by atoms with van der Waals surface area (Å²) in [5.74, 6) is -1.82. The molecule has 8 heteroatoms. The number of amides is 1. The molecule has 162 valence electrons. The standard InChI is InChI=1S/C22H26F2N2O3S/c1-16(14-19-20(23)10-7-11-21(19)24)25-22(27)17-8-6-9-18(15-17)30(28,29)26-12-4-2-3-5-13-26/h6-11,15-16H,2-5,12-14H2,1H3,(H,25,27). The van der Waals surface area contributed by atoms with Crippen molar-refractivity contribution in [3.63, 3.8) is 0 Å². The first kappa shape index (κ1) is 22.4. The second-order valence-corrected chi connectivity index (χ2v) is 9.56. The van der Waals surface area contributed by atoms with Crippen molar-refractivity contribution in [1.82, 2.24) is 9.62 Å². The van der Waals surface area contributed by atoms with Crippen LogP contribution in [-0.4, -0.2) is 37.8 Å². The van der Waals surface area contributed by atoms with E-state index in [-0.39, 0.29) is 22.4 Å². The predicted molar refractivity (Wildman–Crippen MR) is 111 cm³/mol.